The molecule has 29 heavy (non-hydrogen) atoms. The number of amides is 1. The number of carbonyl (C=O) groups excluding carboxylic acids is 1. The Morgan fingerprint density at radius 3 is 2.45 bits per heavy atom. The second kappa shape index (κ2) is 8.69. The molecule has 1 aliphatic rings. The third kappa shape index (κ3) is 5.60. The van der Waals surface area contributed by atoms with Crippen molar-refractivity contribution in [2.45, 2.75) is 19.1 Å². The van der Waals surface area contributed by atoms with Gasteiger partial charge in [-0.25, -0.2) is 0 Å². The van der Waals surface area contributed by atoms with Gasteiger partial charge in [0.1, 0.15) is 11.5 Å². The molecule has 0 saturated heterocycles. The lowest BCUT2D eigenvalue weighted by molar-refractivity contribution is -0.137. The molecule has 0 fully saturated rings. The summed E-state index contributed by atoms with van der Waals surface area (Å²) in [5, 5.41) is 0. The second-order valence-corrected chi connectivity index (χ2v) is 7.23. The van der Waals surface area contributed by atoms with E-state index in [1.165, 1.54) is 12.1 Å². The molecule has 0 aromatic heterocycles. The first-order chi connectivity index (χ1) is 13.7. The zero-order valence-corrected chi connectivity index (χ0v) is 16.4. The molecule has 1 heterocycles. The lowest BCUT2D eigenvalue weighted by Gasteiger charge is -2.28. The van der Waals surface area contributed by atoms with E-state index in [9.17, 15) is 18.0 Å². The highest BCUT2D eigenvalue weighted by atomic mass is 19.4. The van der Waals surface area contributed by atoms with Crippen LogP contribution in [0, 0.1) is 0 Å². The number of ether oxygens (including phenoxy) is 1. The van der Waals surface area contributed by atoms with Crippen molar-refractivity contribution in [1.29, 1.82) is 0 Å². The summed E-state index contributed by atoms with van der Waals surface area (Å²) in [6.45, 7) is 1.82. The number of likely N-dealkylation sites (N-methyl/N-ethyl adjacent to an activating group) is 1. The van der Waals surface area contributed by atoms with Crippen LogP contribution in [-0.4, -0.2) is 42.9 Å². The van der Waals surface area contributed by atoms with E-state index < -0.39 is 11.7 Å². The summed E-state index contributed by atoms with van der Waals surface area (Å²) in [4.78, 5) is 16.1. The maximum atomic E-state index is 12.7. The van der Waals surface area contributed by atoms with Crippen LogP contribution in [-0.2, 0) is 23.9 Å². The van der Waals surface area contributed by atoms with Crippen LogP contribution < -0.4 is 4.74 Å². The van der Waals surface area contributed by atoms with Gasteiger partial charge in [0.2, 0.25) is 5.91 Å². The van der Waals surface area contributed by atoms with E-state index in [4.69, 9.17) is 4.74 Å². The van der Waals surface area contributed by atoms with Crippen LogP contribution in [0.1, 0.15) is 16.7 Å². The van der Waals surface area contributed by atoms with Gasteiger partial charge in [-0.3, -0.25) is 4.79 Å². The second-order valence-electron chi connectivity index (χ2n) is 7.23. The number of nitrogens with zero attached hydrogens (tertiary/aromatic N) is 2. The molecule has 0 saturated carbocycles. The summed E-state index contributed by atoms with van der Waals surface area (Å²) in [7, 11) is 3.87. The zero-order chi connectivity index (χ0) is 21.0. The molecule has 2 aromatic rings. The van der Waals surface area contributed by atoms with Gasteiger partial charge in [-0.1, -0.05) is 12.1 Å². The number of hydrogen-bond donors (Lipinski definition) is 0. The standard InChI is InChI=1S/C22H23F3N2O2/c1-26(2)12-3-4-21(28)27-13-11-16-5-8-20(14-17(16)15-27)29-19-9-6-18(7-10-19)22(23,24)25/h3-10,14H,11-13,15H2,1-2H3/b4-3+. The van der Waals surface area contributed by atoms with Crippen LogP contribution in [0.25, 0.3) is 0 Å². The van der Waals surface area contributed by atoms with Gasteiger partial charge in [-0.2, -0.15) is 13.2 Å². The lowest BCUT2D eigenvalue weighted by atomic mass is 9.99. The van der Waals surface area contributed by atoms with Crippen molar-refractivity contribution in [3.63, 3.8) is 0 Å². The molecule has 2 aromatic carbocycles. The van der Waals surface area contributed by atoms with Crippen molar-refractivity contribution in [1.82, 2.24) is 9.80 Å². The smallest absolute Gasteiger partial charge is 0.416 e. The Morgan fingerprint density at radius 2 is 1.79 bits per heavy atom. The summed E-state index contributed by atoms with van der Waals surface area (Å²) in [6.07, 6.45) is -0.194. The predicted molar refractivity (Wildman–Crippen MR) is 105 cm³/mol. The molecule has 0 unspecified atom stereocenters. The number of carbonyl (C=O) groups is 1. The Kier molecular flexibility index (Phi) is 6.27. The number of rotatable bonds is 5. The molecule has 1 amide bonds. The van der Waals surface area contributed by atoms with E-state index in [0.717, 1.165) is 29.7 Å². The lowest BCUT2D eigenvalue weighted by Crippen LogP contribution is -2.34. The minimum Gasteiger partial charge on any atom is -0.457 e. The minimum atomic E-state index is -4.37. The normalized spacial score (nSPS) is 14.3. The first-order valence-corrected chi connectivity index (χ1v) is 9.29. The molecular weight excluding hydrogens is 381 g/mol. The fourth-order valence-electron chi connectivity index (χ4n) is 3.10. The van der Waals surface area contributed by atoms with Gasteiger partial charge in [0.15, 0.2) is 0 Å². The van der Waals surface area contributed by atoms with Gasteiger partial charge in [-0.05, 0) is 68.0 Å². The summed E-state index contributed by atoms with van der Waals surface area (Å²) in [5.41, 5.74) is 1.41. The predicted octanol–water partition coefficient (Wildman–Crippen LogP) is 4.50. The van der Waals surface area contributed by atoms with Crippen molar-refractivity contribution in [2.75, 3.05) is 27.2 Å². The molecule has 7 heteroatoms. The summed E-state index contributed by atoms with van der Waals surface area (Å²) < 4.78 is 43.7. The molecule has 0 aliphatic carbocycles. The number of fused-ring (bicyclic) bond motifs is 1. The van der Waals surface area contributed by atoms with E-state index in [2.05, 4.69) is 0 Å². The van der Waals surface area contributed by atoms with E-state index in [1.807, 2.05) is 37.2 Å². The molecule has 0 atom stereocenters. The van der Waals surface area contributed by atoms with E-state index in [0.29, 0.717) is 31.1 Å². The van der Waals surface area contributed by atoms with Crippen molar-refractivity contribution in [3.05, 3.63) is 71.3 Å². The van der Waals surface area contributed by atoms with Gasteiger partial charge in [-0.15, -0.1) is 0 Å². The van der Waals surface area contributed by atoms with Crippen LogP contribution in [0.15, 0.2) is 54.6 Å². The molecule has 3 rings (SSSR count). The highest BCUT2D eigenvalue weighted by Gasteiger charge is 2.30. The number of hydrogen-bond acceptors (Lipinski definition) is 3. The molecule has 0 N–H and O–H groups in total. The van der Waals surface area contributed by atoms with Crippen molar-refractivity contribution < 1.29 is 22.7 Å². The summed E-state index contributed by atoms with van der Waals surface area (Å²) in [6, 6.07) is 10.2. The summed E-state index contributed by atoms with van der Waals surface area (Å²) in [5.74, 6) is 0.820. The Balaban J connectivity index is 1.68. The number of halogens is 3. The molecule has 4 nitrogen and oxygen atoms in total. The Bertz CT molecular complexity index is 890. The Labute approximate surface area is 168 Å². The Hall–Kier alpha value is -2.80. The van der Waals surface area contributed by atoms with Crippen LogP contribution in [0.3, 0.4) is 0 Å². The van der Waals surface area contributed by atoms with Gasteiger partial charge >= 0.3 is 6.18 Å². The maximum Gasteiger partial charge on any atom is 0.416 e. The zero-order valence-electron chi connectivity index (χ0n) is 16.4. The first-order valence-electron chi connectivity index (χ1n) is 9.29. The van der Waals surface area contributed by atoms with Crippen LogP contribution in [0.4, 0.5) is 13.2 Å². The first kappa shape index (κ1) is 20.9. The van der Waals surface area contributed by atoms with Gasteiger partial charge in [0.25, 0.3) is 0 Å². The SMILES string of the molecule is CN(C)C/C=C/C(=O)N1CCc2ccc(Oc3ccc(C(F)(F)F)cc3)cc2C1. The summed E-state index contributed by atoms with van der Waals surface area (Å²) >= 11 is 0. The molecule has 0 spiro atoms. The average molecular weight is 404 g/mol. The Morgan fingerprint density at radius 1 is 1.10 bits per heavy atom. The topological polar surface area (TPSA) is 32.8 Å². The third-order valence-corrected chi connectivity index (χ3v) is 4.65. The quantitative estimate of drug-likeness (QED) is 0.688. The monoisotopic (exact) mass is 404 g/mol. The highest BCUT2D eigenvalue weighted by molar-refractivity contribution is 5.87. The van der Waals surface area contributed by atoms with Crippen LogP contribution in [0.5, 0.6) is 11.5 Å². The fraction of sp³-hybridized carbons (Fsp3) is 0.318. The van der Waals surface area contributed by atoms with Gasteiger partial charge in [0, 0.05) is 25.7 Å². The van der Waals surface area contributed by atoms with Crippen molar-refractivity contribution in [3.8, 4) is 11.5 Å². The fourth-order valence-corrected chi connectivity index (χ4v) is 3.10. The van der Waals surface area contributed by atoms with Crippen molar-refractivity contribution >= 4 is 5.91 Å². The molecule has 0 bridgehead atoms. The largest absolute Gasteiger partial charge is 0.457 e. The van der Waals surface area contributed by atoms with Gasteiger partial charge in [0.05, 0.1) is 5.56 Å². The number of benzene rings is 2. The highest BCUT2D eigenvalue weighted by Crippen LogP contribution is 2.32. The van der Waals surface area contributed by atoms with E-state index >= 15 is 0 Å². The van der Waals surface area contributed by atoms with E-state index in [-0.39, 0.29) is 5.91 Å². The molecule has 1 aliphatic heterocycles. The third-order valence-electron chi connectivity index (χ3n) is 4.65. The molecular formula is C22H23F3N2O2. The van der Waals surface area contributed by atoms with Gasteiger partial charge < -0.3 is 14.5 Å². The minimum absolute atomic E-state index is 0.0356. The average Bonchev–Trinajstić information content (AvgIpc) is 2.67. The maximum absolute atomic E-state index is 12.7. The molecule has 0 radical (unpaired) electrons. The van der Waals surface area contributed by atoms with Crippen molar-refractivity contribution in [2.24, 2.45) is 0 Å². The van der Waals surface area contributed by atoms with E-state index in [1.54, 1.807) is 17.0 Å². The number of alkyl halides is 3. The van der Waals surface area contributed by atoms with Crippen LogP contribution >= 0.6 is 0 Å². The molecule has 154 valence electrons. The van der Waals surface area contributed by atoms with Crippen LogP contribution in [0.2, 0.25) is 0 Å².